The van der Waals surface area contributed by atoms with Crippen molar-refractivity contribution < 1.29 is 9.90 Å². The number of hydrogen-bond acceptors (Lipinski definition) is 6. The molecule has 0 amide bonds. The van der Waals surface area contributed by atoms with E-state index in [9.17, 15) is 4.79 Å². The summed E-state index contributed by atoms with van der Waals surface area (Å²) in [5.74, 6) is -0.434. The lowest BCUT2D eigenvalue weighted by molar-refractivity contribution is -0.137. The van der Waals surface area contributed by atoms with E-state index in [1.807, 2.05) is 6.92 Å². The standard InChI is InChI=1S/C13H12ClN5O2S/c1-7(9-4-15-6-22-9)16-12-11-8(17-13(14)18-12)2-3-19(11)5-10(20)21/h2-4,6-7H,5H2,1H3,(H,20,21)(H,16,17,18)/t7-/m0/s1. The van der Waals surface area contributed by atoms with Crippen LogP contribution < -0.4 is 5.32 Å². The highest BCUT2D eigenvalue weighted by Gasteiger charge is 2.16. The lowest BCUT2D eigenvalue weighted by atomic mass is 10.3. The fraction of sp³-hybridized carbons (Fsp3) is 0.231. The summed E-state index contributed by atoms with van der Waals surface area (Å²) in [6.07, 6.45) is 3.44. The lowest BCUT2D eigenvalue weighted by Crippen LogP contribution is -2.12. The van der Waals surface area contributed by atoms with Gasteiger partial charge in [-0.1, -0.05) is 0 Å². The van der Waals surface area contributed by atoms with Crippen LogP contribution in [0.15, 0.2) is 24.0 Å². The number of nitrogens with zero attached hydrogens (tertiary/aromatic N) is 4. The Labute approximate surface area is 134 Å². The molecule has 3 heterocycles. The van der Waals surface area contributed by atoms with Crippen molar-refractivity contribution in [2.45, 2.75) is 19.5 Å². The van der Waals surface area contributed by atoms with Crippen molar-refractivity contribution >= 4 is 45.8 Å². The predicted octanol–water partition coefficient (Wildman–Crippen LogP) is 2.80. The zero-order chi connectivity index (χ0) is 15.7. The van der Waals surface area contributed by atoms with Gasteiger partial charge in [-0.25, -0.2) is 4.98 Å². The van der Waals surface area contributed by atoms with Gasteiger partial charge in [0.05, 0.1) is 17.1 Å². The Hall–Kier alpha value is -2.19. The van der Waals surface area contributed by atoms with Crippen LogP contribution in [0.2, 0.25) is 5.28 Å². The van der Waals surface area contributed by atoms with Crippen LogP contribution in [0.25, 0.3) is 11.0 Å². The van der Waals surface area contributed by atoms with E-state index in [4.69, 9.17) is 16.7 Å². The Morgan fingerprint density at radius 1 is 1.55 bits per heavy atom. The van der Waals surface area contributed by atoms with Crippen molar-refractivity contribution in [3.63, 3.8) is 0 Å². The molecular formula is C13H12ClN5O2S. The number of aliphatic carboxylic acids is 1. The average molecular weight is 338 g/mol. The Morgan fingerprint density at radius 3 is 3.05 bits per heavy atom. The summed E-state index contributed by atoms with van der Waals surface area (Å²) < 4.78 is 1.58. The number of hydrogen-bond donors (Lipinski definition) is 2. The van der Waals surface area contributed by atoms with Crippen LogP contribution >= 0.6 is 22.9 Å². The quantitative estimate of drug-likeness (QED) is 0.695. The Balaban J connectivity index is 2.03. The zero-order valence-corrected chi connectivity index (χ0v) is 13.1. The molecule has 3 aromatic heterocycles. The third-order valence-corrected chi connectivity index (χ3v) is 4.25. The summed E-state index contributed by atoms with van der Waals surface area (Å²) in [5.41, 5.74) is 2.96. The fourth-order valence-corrected chi connectivity index (χ4v) is 2.98. The first-order valence-electron chi connectivity index (χ1n) is 6.43. The van der Waals surface area contributed by atoms with Gasteiger partial charge in [-0.3, -0.25) is 9.78 Å². The zero-order valence-electron chi connectivity index (χ0n) is 11.5. The summed E-state index contributed by atoms with van der Waals surface area (Å²) >= 11 is 7.48. The van der Waals surface area contributed by atoms with Crippen molar-refractivity contribution in [2.75, 3.05) is 5.32 Å². The van der Waals surface area contributed by atoms with Crippen molar-refractivity contribution in [1.82, 2.24) is 19.5 Å². The minimum atomic E-state index is -0.936. The lowest BCUT2D eigenvalue weighted by Gasteiger charge is -2.14. The summed E-state index contributed by atoms with van der Waals surface area (Å²) in [5, 5.41) is 12.4. The first kappa shape index (κ1) is 14.7. The van der Waals surface area contributed by atoms with Gasteiger partial charge in [0.1, 0.15) is 12.1 Å². The fourth-order valence-electron chi connectivity index (χ4n) is 2.17. The molecular weight excluding hydrogens is 326 g/mol. The number of carboxylic acid groups (broad SMARTS) is 1. The molecule has 0 saturated heterocycles. The number of rotatable bonds is 5. The minimum Gasteiger partial charge on any atom is -0.480 e. The number of fused-ring (bicyclic) bond motifs is 1. The first-order chi connectivity index (χ1) is 10.5. The molecule has 22 heavy (non-hydrogen) atoms. The number of aromatic nitrogens is 4. The monoisotopic (exact) mass is 337 g/mol. The van der Waals surface area contributed by atoms with Crippen LogP contribution in [0.5, 0.6) is 0 Å². The Morgan fingerprint density at radius 2 is 2.36 bits per heavy atom. The topological polar surface area (TPSA) is 92.9 Å². The van der Waals surface area contributed by atoms with E-state index < -0.39 is 5.97 Å². The molecule has 3 rings (SSSR count). The highest BCUT2D eigenvalue weighted by molar-refractivity contribution is 7.09. The molecule has 2 N–H and O–H groups in total. The van der Waals surface area contributed by atoms with Gasteiger partial charge in [-0.2, -0.15) is 4.98 Å². The van der Waals surface area contributed by atoms with Gasteiger partial charge in [0, 0.05) is 17.3 Å². The third kappa shape index (κ3) is 2.88. The highest BCUT2D eigenvalue weighted by Crippen LogP contribution is 2.28. The summed E-state index contributed by atoms with van der Waals surface area (Å²) in [6, 6.07) is 1.68. The Kier molecular flexibility index (Phi) is 3.95. The van der Waals surface area contributed by atoms with E-state index in [1.165, 1.54) is 11.3 Å². The molecule has 0 saturated carbocycles. The highest BCUT2D eigenvalue weighted by atomic mass is 35.5. The number of carboxylic acids is 1. The van der Waals surface area contributed by atoms with Gasteiger partial charge in [0.15, 0.2) is 5.82 Å². The van der Waals surface area contributed by atoms with Gasteiger partial charge in [-0.15, -0.1) is 11.3 Å². The van der Waals surface area contributed by atoms with E-state index >= 15 is 0 Å². The van der Waals surface area contributed by atoms with E-state index in [1.54, 1.807) is 28.5 Å². The van der Waals surface area contributed by atoms with Gasteiger partial charge in [-0.05, 0) is 24.6 Å². The van der Waals surface area contributed by atoms with Gasteiger partial charge in [0.2, 0.25) is 5.28 Å². The second kappa shape index (κ2) is 5.90. The third-order valence-electron chi connectivity index (χ3n) is 3.12. The van der Waals surface area contributed by atoms with Crippen molar-refractivity contribution in [1.29, 1.82) is 0 Å². The van der Waals surface area contributed by atoms with Gasteiger partial charge < -0.3 is 15.0 Å². The molecule has 0 aliphatic rings. The molecule has 3 aromatic rings. The average Bonchev–Trinajstić information content (AvgIpc) is 3.08. The molecule has 0 aliphatic heterocycles. The molecule has 0 unspecified atom stereocenters. The maximum atomic E-state index is 11.0. The molecule has 0 fully saturated rings. The van der Waals surface area contributed by atoms with E-state index in [2.05, 4.69) is 20.3 Å². The van der Waals surface area contributed by atoms with E-state index in [-0.39, 0.29) is 17.9 Å². The summed E-state index contributed by atoms with van der Waals surface area (Å²) in [7, 11) is 0. The normalized spacial score (nSPS) is 12.5. The number of anilines is 1. The minimum absolute atomic E-state index is 0.0326. The summed E-state index contributed by atoms with van der Waals surface area (Å²) in [6.45, 7) is 1.80. The smallest absolute Gasteiger partial charge is 0.323 e. The largest absolute Gasteiger partial charge is 0.480 e. The van der Waals surface area contributed by atoms with Gasteiger partial charge in [0.25, 0.3) is 0 Å². The van der Waals surface area contributed by atoms with Crippen LogP contribution in [-0.2, 0) is 11.3 Å². The molecule has 7 nitrogen and oxygen atoms in total. The molecule has 0 bridgehead atoms. The molecule has 0 radical (unpaired) electrons. The number of halogens is 1. The van der Waals surface area contributed by atoms with Crippen LogP contribution in [0.3, 0.4) is 0 Å². The van der Waals surface area contributed by atoms with Crippen molar-refractivity contribution in [3.8, 4) is 0 Å². The van der Waals surface area contributed by atoms with Crippen molar-refractivity contribution in [3.05, 3.63) is 34.1 Å². The SMILES string of the molecule is C[C@H](Nc1nc(Cl)nc2ccn(CC(=O)O)c12)c1cncs1. The molecule has 0 spiro atoms. The van der Waals surface area contributed by atoms with Crippen LogP contribution in [0, 0.1) is 0 Å². The molecule has 0 aliphatic carbocycles. The van der Waals surface area contributed by atoms with Crippen molar-refractivity contribution in [2.24, 2.45) is 0 Å². The maximum absolute atomic E-state index is 11.0. The van der Waals surface area contributed by atoms with E-state index in [0.29, 0.717) is 16.9 Å². The van der Waals surface area contributed by atoms with Crippen LogP contribution in [0.4, 0.5) is 5.82 Å². The predicted molar refractivity (Wildman–Crippen MR) is 84.3 cm³/mol. The van der Waals surface area contributed by atoms with Gasteiger partial charge >= 0.3 is 5.97 Å². The number of thiazole rings is 1. The second-order valence-corrected chi connectivity index (χ2v) is 5.94. The Bertz CT molecular complexity index is 817. The van der Waals surface area contributed by atoms with E-state index in [0.717, 1.165) is 4.88 Å². The summed E-state index contributed by atoms with van der Waals surface area (Å²) in [4.78, 5) is 24.4. The molecule has 114 valence electrons. The number of nitrogens with one attached hydrogen (secondary N) is 1. The van der Waals surface area contributed by atoms with Crippen LogP contribution in [-0.4, -0.2) is 30.6 Å². The molecule has 9 heteroatoms. The van der Waals surface area contributed by atoms with Crippen LogP contribution in [0.1, 0.15) is 17.8 Å². The first-order valence-corrected chi connectivity index (χ1v) is 7.69. The maximum Gasteiger partial charge on any atom is 0.323 e. The molecule has 0 aromatic carbocycles. The second-order valence-electron chi connectivity index (χ2n) is 4.68. The molecule has 1 atom stereocenters. The number of carbonyl (C=O) groups is 1.